The number of methoxy groups -OCH3 is 1. The highest BCUT2D eigenvalue weighted by Crippen LogP contribution is 2.36. The van der Waals surface area contributed by atoms with Crippen molar-refractivity contribution < 1.29 is 18.7 Å². The minimum atomic E-state index is -0.641. The van der Waals surface area contributed by atoms with E-state index in [1.807, 2.05) is 0 Å². The fourth-order valence-corrected chi connectivity index (χ4v) is 2.67. The van der Waals surface area contributed by atoms with E-state index in [1.54, 1.807) is 6.92 Å². The van der Waals surface area contributed by atoms with Gasteiger partial charge in [0, 0.05) is 23.2 Å². The quantitative estimate of drug-likeness (QED) is 0.851. The van der Waals surface area contributed by atoms with Crippen LogP contribution >= 0.6 is 0 Å². The summed E-state index contributed by atoms with van der Waals surface area (Å²) in [5.41, 5.74) is 1.69. The first-order valence-electron chi connectivity index (χ1n) is 6.73. The minimum Gasteiger partial charge on any atom is -0.494 e. The molecule has 0 saturated heterocycles. The van der Waals surface area contributed by atoms with E-state index in [0.29, 0.717) is 16.9 Å². The van der Waals surface area contributed by atoms with Crippen molar-refractivity contribution in [1.29, 1.82) is 0 Å². The maximum absolute atomic E-state index is 13.5. The van der Waals surface area contributed by atoms with Gasteiger partial charge in [0.05, 0.1) is 13.0 Å². The topological polar surface area (TPSA) is 84.1 Å². The van der Waals surface area contributed by atoms with Crippen molar-refractivity contribution in [3.05, 3.63) is 40.8 Å². The lowest BCUT2D eigenvalue weighted by Gasteiger charge is -2.21. The molecule has 0 saturated carbocycles. The summed E-state index contributed by atoms with van der Waals surface area (Å²) >= 11 is 0. The molecule has 1 aromatic heterocycles. The summed E-state index contributed by atoms with van der Waals surface area (Å²) in [4.78, 5) is 24.5. The largest absolute Gasteiger partial charge is 0.494 e. The summed E-state index contributed by atoms with van der Waals surface area (Å²) in [5.74, 6) is -1.35. The van der Waals surface area contributed by atoms with Crippen molar-refractivity contribution in [2.45, 2.75) is 19.3 Å². The van der Waals surface area contributed by atoms with Crippen LogP contribution in [0.25, 0.3) is 0 Å². The Morgan fingerprint density at radius 1 is 1.45 bits per heavy atom. The molecule has 2 heterocycles. The highest BCUT2D eigenvalue weighted by Gasteiger charge is 2.34. The van der Waals surface area contributed by atoms with E-state index < -0.39 is 11.7 Å². The number of amides is 1. The van der Waals surface area contributed by atoms with Gasteiger partial charge < -0.3 is 10.1 Å². The smallest absolute Gasteiger partial charge is 0.226 e. The van der Waals surface area contributed by atoms with E-state index in [1.165, 1.54) is 25.3 Å². The molecule has 1 aliphatic rings. The second kappa shape index (κ2) is 5.25. The predicted octanol–water partition coefficient (Wildman–Crippen LogP) is 2.17. The summed E-state index contributed by atoms with van der Waals surface area (Å²) < 4.78 is 18.4. The molecule has 0 fully saturated rings. The zero-order valence-electron chi connectivity index (χ0n) is 12.1. The monoisotopic (exact) mass is 303 g/mol. The zero-order chi connectivity index (χ0) is 15.9. The molecule has 22 heavy (non-hydrogen) atoms. The molecule has 0 spiro atoms. The van der Waals surface area contributed by atoms with E-state index in [-0.39, 0.29) is 23.9 Å². The van der Waals surface area contributed by atoms with Gasteiger partial charge in [-0.05, 0) is 25.1 Å². The van der Waals surface area contributed by atoms with Gasteiger partial charge in [-0.25, -0.2) is 4.39 Å². The fourth-order valence-electron chi connectivity index (χ4n) is 2.67. The van der Waals surface area contributed by atoms with Crippen molar-refractivity contribution >= 4 is 17.5 Å². The van der Waals surface area contributed by atoms with E-state index in [2.05, 4.69) is 15.5 Å². The van der Waals surface area contributed by atoms with Gasteiger partial charge in [-0.15, -0.1) is 0 Å². The maximum Gasteiger partial charge on any atom is 0.226 e. The number of aromatic nitrogens is 2. The SMILES string of the molecule is COc1cc(C(=O)[C@@H]2CC(=O)Nc3n[nH]c(C)c32)ccc1F. The molecule has 1 atom stereocenters. The number of fused-ring (bicyclic) bond motifs is 1. The number of rotatable bonds is 3. The van der Waals surface area contributed by atoms with Crippen molar-refractivity contribution in [2.75, 3.05) is 12.4 Å². The number of ketones is 1. The van der Waals surface area contributed by atoms with Crippen LogP contribution in [-0.2, 0) is 4.79 Å². The summed E-state index contributed by atoms with van der Waals surface area (Å²) in [6.07, 6.45) is 0.0336. The third kappa shape index (κ3) is 2.24. The molecule has 7 heteroatoms. The number of hydrogen-bond acceptors (Lipinski definition) is 4. The second-order valence-corrected chi connectivity index (χ2v) is 5.13. The third-order valence-corrected chi connectivity index (χ3v) is 3.74. The van der Waals surface area contributed by atoms with Gasteiger partial charge in [-0.3, -0.25) is 14.7 Å². The zero-order valence-corrected chi connectivity index (χ0v) is 12.1. The standard InChI is InChI=1S/C15H14FN3O3/c1-7-13-9(6-12(20)17-15(13)19-18-7)14(21)8-3-4-10(16)11(5-8)22-2/h3-5,9H,6H2,1-2H3,(H2,17,18,19,20)/t9-/m1/s1. The molecule has 114 valence electrons. The van der Waals surface area contributed by atoms with Crippen molar-refractivity contribution in [1.82, 2.24) is 10.2 Å². The molecule has 0 radical (unpaired) electrons. The van der Waals surface area contributed by atoms with Crippen LogP contribution in [0.1, 0.15) is 34.0 Å². The number of hydrogen-bond donors (Lipinski definition) is 2. The van der Waals surface area contributed by atoms with Gasteiger partial charge in [-0.1, -0.05) is 0 Å². The maximum atomic E-state index is 13.5. The Morgan fingerprint density at radius 2 is 2.23 bits per heavy atom. The lowest BCUT2D eigenvalue weighted by Crippen LogP contribution is -2.27. The molecule has 1 amide bonds. The fraction of sp³-hybridized carbons (Fsp3) is 0.267. The Balaban J connectivity index is 2.02. The summed E-state index contributed by atoms with van der Waals surface area (Å²) in [6.45, 7) is 1.79. The number of anilines is 1. The number of halogens is 1. The summed E-state index contributed by atoms with van der Waals surface area (Å²) in [6, 6.07) is 3.92. The molecule has 0 unspecified atom stereocenters. The normalized spacial score (nSPS) is 16.9. The van der Waals surface area contributed by atoms with Crippen LogP contribution in [0.4, 0.5) is 10.2 Å². The molecule has 0 aliphatic carbocycles. The molecule has 3 rings (SSSR count). The third-order valence-electron chi connectivity index (χ3n) is 3.74. The van der Waals surface area contributed by atoms with Gasteiger partial charge in [0.25, 0.3) is 0 Å². The number of carbonyl (C=O) groups excluding carboxylic acids is 2. The van der Waals surface area contributed by atoms with Gasteiger partial charge >= 0.3 is 0 Å². The van der Waals surface area contributed by atoms with Crippen molar-refractivity contribution in [3.8, 4) is 5.75 Å². The molecule has 2 N–H and O–H groups in total. The number of carbonyl (C=O) groups is 2. The molecule has 6 nitrogen and oxygen atoms in total. The van der Waals surface area contributed by atoms with Crippen LogP contribution in [0.15, 0.2) is 18.2 Å². The molecule has 2 aromatic rings. The lowest BCUT2D eigenvalue weighted by molar-refractivity contribution is -0.116. The number of ether oxygens (including phenoxy) is 1. The molecule has 0 bridgehead atoms. The van der Waals surface area contributed by atoms with Crippen LogP contribution in [-0.4, -0.2) is 29.0 Å². The average molecular weight is 303 g/mol. The van der Waals surface area contributed by atoms with Gasteiger partial charge in [0.2, 0.25) is 5.91 Å². The average Bonchev–Trinajstić information content (AvgIpc) is 2.87. The molecular formula is C15H14FN3O3. The molecular weight excluding hydrogens is 289 g/mol. The first kappa shape index (κ1) is 14.2. The van der Waals surface area contributed by atoms with E-state index in [0.717, 1.165) is 5.69 Å². The number of benzene rings is 1. The Hall–Kier alpha value is -2.70. The number of aromatic amines is 1. The number of Topliss-reactive ketones (excluding diaryl/α,β-unsaturated/α-hetero) is 1. The highest BCUT2D eigenvalue weighted by molar-refractivity contribution is 6.07. The lowest BCUT2D eigenvalue weighted by atomic mass is 9.85. The first-order valence-corrected chi connectivity index (χ1v) is 6.73. The number of H-pyrrole nitrogens is 1. The summed E-state index contributed by atoms with van der Waals surface area (Å²) in [5, 5.41) is 9.38. The van der Waals surface area contributed by atoms with E-state index >= 15 is 0 Å². The molecule has 1 aliphatic heterocycles. The van der Waals surface area contributed by atoms with Gasteiger partial charge in [0.1, 0.15) is 0 Å². The number of nitrogens with one attached hydrogen (secondary N) is 2. The van der Waals surface area contributed by atoms with Crippen molar-refractivity contribution in [2.24, 2.45) is 0 Å². The summed E-state index contributed by atoms with van der Waals surface area (Å²) in [7, 11) is 1.33. The number of nitrogens with zero attached hydrogens (tertiary/aromatic N) is 1. The number of aryl methyl sites for hydroxylation is 1. The van der Waals surface area contributed by atoms with Crippen LogP contribution in [0.3, 0.4) is 0 Å². The highest BCUT2D eigenvalue weighted by atomic mass is 19.1. The Bertz CT molecular complexity index is 769. The van der Waals surface area contributed by atoms with Crippen LogP contribution in [0.2, 0.25) is 0 Å². The second-order valence-electron chi connectivity index (χ2n) is 5.13. The Morgan fingerprint density at radius 3 is 2.95 bits per heavy atom. The van der Waals surface area contributed by atoms with Crippen LogP contribution < -0.4 is 10.1 Å². The Labute approximate surface area is 125 Å². The van der Waals surface area contributed by atoms with Crippen LogP contribution in [0.5, 0.6) is 5.75 Å². The predicted molar refractivity (Wildman–Crippen MR) is 76.6 cm³/mol. The van der Waals surface area contributed by atoms with Gasteiger partial charge in [-0.2, -0.15) is 5.10 Å². The van der Waals surface area contributed by atoms with Crippen LogP contribution in [0, 0.1) is 12.7 Å². The van der Waals surface area contributed by atoms with E-state index in [4.69, 9.17) is 4.74 Å². The first-order chi connectivity index (χ1) is 10.5. The minimum absolute atomic E-state index is 0.00440. The van der Waals surface area contributed by atoms with Gasteiger partial charge in [0.15, 0.2) is 23.2 Å². The Kier molecular flexibility index (Phi) is 3.40. The van der Waals surface area contributed by atoms with E-state index in [9.17, 15) is 14.0 Å². The molecule has 1 aromatic carbocycles. The van der Waals surface area contributed by atoms with Crippen molar-refractivity contribution in [3.63, 3.8) is 0 Å².